The van der Waals surface area contributed by atoms with Crippen LogP contribution in [-0.4, -0.2) is 0 Å². The van der Waals surface area contributed by atoms with Crippen LogP contribution >= 0.6 is 0 Å². The van der Waals surface area contributed by atoms with Gasteiger partial charge in [0, 0.05) is 22.3 Å². The van der Waals surface area contributed by atoms with Crippen LogP contribution in [0.3, 0.4) is 0 Å². The van der Waals surface area contributed by atoms with E-state index in [4.69, 9.17) is 4.42 Å². The fourth-order valence-electron chi connectivity index (χ4n) is 8.60. The van der Waals surface area contributed by atoms with Crippen molar-refractivity contribution in [3.8, 4) is 44.5 Å². The maximum atomic E-state index is 6.86. The van der Waals surface area contributed by atoms with Crippen molar-refractivity contribution in [1.82, 2.24) is 0 Å². The summed E-state index contributed by atoms with van der Waals surface area (Å²) in [5.74, 6) is 0. The maximum absolute atomic E-state index is 6.86. The van der Waals surface area contributed by atoms with Crippen LogP contribution in [0.2, 0.25) is 0 Å². The van der Waals surface area contributed by atoms with Gasteiger partial charge in [-0.3, -0.25) is 0 Å². The van der Waals surface area contributed by atoms with Gasteiger partial charge in [0.1, 0.15) is 11.2 Å². The molecule has 1 heterocycles. The number of anilines is 3. The van der Waals surface area contributed by atoms with E-state index in [1.165, 1.54) is 49.4 Å². The first-order chi connectivity index (χ1) is 28.7. The van der Waals surface area contributed by atoms with Gasteiger partial charge in [0.05, 0.1) is 11.1 Å². The Balaban J connectivity index is 1.12. The number of rotatable bonds is 7. The molecule has 0 atom stereocenters. The van der Waals surface area contributed by atoms with Gasteiger partial charge in [0.2, 0.25) is 0 Å². The Kier molecular flexibility index (Phi) is 8.19. The fourth-order valence-corrected chi connectivity index (χ4v) is 8.60. The minimum absolute atomic E-state index is 0.865. The normalized spacial score (nSPS) is 11.4. The van der Waals surface area contributed by atoms with E-state index in [0.717, 1.165) is 55.7 Å². The highest BCUT2D eigenvalue weighted by Gasteiger charge is 2.23. The lowest BCUT2D eigenvalue weighted by Crippen LogP contribution is -2.10. The van der Waals surface area contributed by atoms with E-state index in [9.17, 15) is 0 Å². The van der Waals surface area contributed by atoms with Crippen molar-refractivity contribution in [2.24, 2.45) is 0 Å². The van der Waals surface area contributed by atoms with Crippen LogP contribution in [-0.2, 0) is 0 Å². The van der Waals surface area contributed by atoms with Crippen molar-refractivity contribution in [1.29, 1.82) is 0 Å². The molecule has 0 bridgehead atoms. The van der Waals surface area contributed by atoms with Crippen molar-refractivity contribution >= 4 is 60.5 Å². The van der Waals surface area contributed by atoms with Crippen molar-refractivity contribution in [3.05, 3.63) is 224 Å². The quantitative estimate of drug-likeness (QED) is 0.162. The van der Waals surface area contributed by atoms with E-state index < -0.39 is 0 Å². The molecule has 0 aliphatic heterocycles. The highest BCUT2D eigenvalue weighted by Crippen LogP contribution is 2.47. The molecule has 10 aromatic carbocycles. The van der Waals surface area contributed by atoms with Crippen LogP contribution in [0.5, 0.6) is 0 Å². The first kappa shape index (κ1) is 33.6. The second-order valence-corrected chi connectivity index (χ2v) is 14.9. The Hall–Kier alpha value is -7.68. The number of furan rings is 1. The summed E-state index contributed by atoms with van der Waals surface area (Å²) in [4.78, 5) is 2.40. The Morgan fingerprint density at radius 1 is 0.310 bits per heavy atom. The van der Waals surface area contributed by atoms with E-state index in [-0.39, 0.29) is 0 Å². The lowest BCUT2D eigenvalue weighted by molar-refractivity contribution is 0.670. The molecule has 0 radical (unpaired) electrons. The average molecular weight is 740 g/mol. The maximum Gasteiger partial charge on any atom is 0.145 e. The van der Waals surface area contributed by atoms with Crippen LogP contribution in [0.15, 0.2) is 229 Å². The van der Waals surface area contributed by atoms with Crippen LogP contribution in [0.4, 0.5) is 17.1 Å². The summed E-state index contributed by atoms with van der Waals surface area (Å²) < 4.78 is 6.86. The molecule has 0 fully saturated rings. The molecule has 0 spiro atoms. The number of benzene rings is 10. The highest BCUT2D eigenvalue weighted by molar-refractivity contribution is 6.17. The second kappa shape index (κ2) is 14.1. The Labute approximate surface area is 337 Å². The van der Waals surface area contributed by atoms with Crippen LogP contribution in [0.25, 0.3) is 88.0 Å². The molecule has 11 aromatic rings. The van der Waals surface area contributed by atoms with Gasteiger partial charge >= 0.3 is 0 Å². The van der Waals surface area contributed by atoms with Gasteiger partial charge in [0.25, 0.3) is 0 Å². The molecule has 0 unspecified atom stereocenters. The van der Waals surface area contributed by atoms with E-state index in [2.05, 4.69) is 229 Å². The average Bonchev–Trinajstić information content (AvgIpc) is 3.70. The molecule has 58 heavy (non-hydrogen) atoms. The van der Waals surface area contributed by atoms with E-state index in [1.807, 2.05) is 0 Å². The van der Waals surface area contributed by atoms with Gasteiger partial charge in [-0.15, -0.1) is 0 Å². The molecule has 0 N–H and O–H groups in total. The highest BCUT2D eigenvalue weighted by atomic mass is 16.3. The summed E-state index contributed by atoms with van der Waals surface area (Å²) in [6.07, 6.45) is 0. The number of para-hydroxylation sites is 1. The number of fused-ring (bicyclic) bond motifs is 5. The third-order valence-corrected chi connectivity index (χ3v) is 11.4. The van der Waals surface area contributed by atoms with Crippen molar-refractivity contribution in [2.45, 2.75) is 0 Å². The summed E-state index contributed by atoms with van der Waals surface area (Å²) in [5, 5.41) is 7.06. The smallest absolute Gasteiger partial charge is 0.145 e. The Morgan fingerprint density at radius 2 is 0.879 bits per heavy atom. The number of hydrogen-bond donors (Lipinski definition) is 0. The molecule has 0 saturated carbocycles. The Bertz CT molecular complexity index is 3290. The first-order valence-corrected chi connectivity index (χ1v) is 19.8. The zero-order valence-electron chi connectivity index (χ0n) is 31.7. The van der Waals surface area contributed by atoms with Gasteiger partial charge in [0.15, 0.2) is 0 Å². The zero-order chi connectivity index (χ0) is 38.4. The topological polar surface area (TPSA) is 16.4 Å². The summed E-state index contributed by atoms with van der Waals surface area (Å²) >= 11 is 0. The molecule has 0 aliphatic rings. The summed E-state index contributed by atoms with van der Waals surface area (Å²) in [6, 6.07) is 80.7. The van der Waals surface area contributed by atoms with Gasteiger partial charge in [-0.2, -0.15) is 0 Å². The summed E-state index contributed by atoms with van der Waals surface area (Å²) in [6.45, 7) is 0. The molecular formula is C56H37NO. The summed E-state index contributed by atoms with van der Waals surface area (Å²) in [7, 11) is 0. The van der Waals surface area contributed by atoms with Crippen molar-refractivity contribution in [3.63, 3.8) is 0 Å². The molecule has 2 heteroatoms. The van der Waals surface area contributed by atoms with Crippen molar-refractivity contribution < 1.29 is 4.42 Å². The van der Waals surface area contributed by atoms with Crippen LogP contribution in [0, 0.1) is 0 Å². The van der Waals surface area contributed by atoms with Gasteiger partial charge < -0.3 is 9.32 Å². The standard InChI is InChI=1S/C56H37NO/c1-2-15-41(16-3-1)49-21-8-9-22-50(49)45-19-12-20-48(37-45)57(47-31-29-40(30-32-47)44-27-25-38-13-4-6-17-42(38)35-44)53-34-33-51(46-28-26-39-14-5-7-18-43(39)36-46)56-55(53)52-23-10-11-24-54(52)58-56/h1-37H. The molecule has 1 aromatic heterocycles. The van der Waals surface area contributed by atoms with Crippen LogP contribution < -0.4 is 4.90 Å². The molecule has 0 aliphatic carbocycles. The summed E-state index contributed by atoms with van der Waals surface area (Å²) in [5.41, 5.74) is 14.2. The van der Waals surface area contributed by atoms with Gasteiger partial charge in [-0.05, 0) is 115 Å². The van der Waals surface area contributed by atoms with Crippen LogP contribution in [0.1, 0.15) is 0 Å². The minimum Gasteiger partial charge on any atom is -0.455 e. The molecular weight excluding hydrogens is 703 g/mol. The second-order valence-electron chi connectivity index (χ2n) is 14.9. The third-order valence-electron chi connectivity index (χ3n) is 11.4. The van der Waals surface area contributed by atoms with E-state index in [1.54, 1.807) is 0 Å². The van der Waals surface area contributed by atoms with E-state index in [0.29, 0.717) is 0 Å². The fraction of sp³-hybridized carbons (Fsp3) is 0. The number of nitrogens with zero attached hydrogens (tertiary/aromatic N) is 1. The molecule has 2 nitrogen and oxygen atoms in total. The zero-order valence-corrected chi connectivity index (χ0v) is 31.7. The van der Waals surface area contributed by atoms with Gasteiger partial charge in [-0.1, -0.05) is 170 Å². The monoisotopic (exact) mass is 739 g/mol. The third kappa shape index (κ3) is 5.91. The predicted octanol–water partition coefficient (Wildman–Crippen LogP) is 16.0. The minimum atomic E-state index is 0.865. The Morgan fingerprint density at radius 3 is 1.64 bits per heavy atom. The van der Waals surface area contributed by atoms with Crippen molar-refractivity contribution in [2.75, 3.05) is 4.90 Å². The SMILES string of the molecule is c1ccc(-c2ccccc2-c2cccc(N(c3ccc(-c4ccc5ccccc5c4)cc3)c3ccc(-c4ccc5ccccc5c4)c4oc5ccccc5c34)c2)cc1. The molecule has 272 valence electrons. The lowest BCUT2D eigenvalue weighted by atomic mass is 9.94. The first-order valence-electron chi connectivity index (χ1n) is 19.8. The predicted molar refractivity (Wildman–Crippen MR) is 245 cm³/mol. The largest absolute Gasteiger partial charge is 0.455 e. The molecule has 0 amide bonds. The molecule has 0 saturated heterocycles. The number of hydrogen-bond acceptors (Lipinski definition) is 2. The lowest BCUT2D eigenvalue weighted by Gasteiger charge is -2.27. The molecule has 11 rings (SSSR count). The van der Waals surface area contributed by atoms with Gasteiger partial charge in [-0.25, -0.2) is 0 Å². The van der Waals surface area contributed by atoms with E-state index >= 15 is 0 Å².